The Morgan fingerprint density at radius 1 is 1.06 bits per heavy atom. The Labute approximate surface area is 185 Å². The standard InChI is InChI=1S/C14H14F6N4O2S.C2HF3O2/c1-27(25,26)24-3-2-22(7-11(24)14(18,19)20)12-5-9(13(15,16)17)4-10-6-21-8-23(10)12;3-2(4,5)1(6)7/h4-6,8,11H,2-3,7H2,1H3;(H,6,7). The molecule has 3 heterocycles. The number of carboxylic acid groups (broad SMARTS) is 1. The van der Waals surface area contributed by atoms with Gasteiger partial charge in [0.1, 0.15) is 18.2 Å². The summed E-state index contributed by atoms with van der Waals surface area (Å²) in [5.41, 5.74) is -0.964. The normalized spacial score (nSPS) is 18.5. The highest BCUT2D eigenvalue weighted by molar-refractivity contribution is 7.88. The van der Waals surface area contributed by atoms with Gasteiger partial charge in [-0.3, -0.25) is 4.40 Å². The maximum Gasteiger partial charge on any atom is 0.490 e. The van der Waals surface area contributed by atoms with E-state index >= 15 is 0 Å². The van der Waals surface area contributed by atoms with Crippen molar-refractivity contribution >= 4 is 27.3 Å². The van der Waals surface area contributed by atoms with E-state index in [4.69, 9.17) is 9.90 Å². The largest absolute Gasteiger partial charge is 0.490 e. The van der Waals surface area contributed by atoms with Crippen molar-refractivity contribution in [2.75, 3.05) is 30.8 Å². The van der Waals surface area contributed by atoms with Crippen LogP contribution in [0.5, 0.6) is 0 Å². The number of sulfonamides is 1. The zero-order chi connectivity index (χ0) is 26.3. The molecule has 2 aromatic heterocycles. The van der Waals surface area contributed by atoms with Crippen LogP contribution >= 0.6 is 0 Å². The topological polar surface area (TPSA) is 95.2 Å². The number of fused-ring (bicyclic) bond motifs is 1. The second-order valence-corrected chi connectivity index (χ2v) is 8.90. The molecule has 2 aromatic rings. The Morgan fingerprint density at radius 3 is 2.06 bits per heavy atom. The number of anilines is 1. The predicted octanol–water partition coefficient (Wildman–Crippen LogP) is 3.00. The molecule has 1 fully saturated rings. The molecule has 1 N–H and O–H groups in total. The summed E-state index contributed by atoms with van der Waals surface area (Å²) in [6.07, 6.45) is -11.6. The van der Waals surface area contributed by atoms with Gasteiger partial charge in [0.25, 0.3) is 0 Å². The quantitative estimate of drug-likeness (QED) is 0.601. The summed E-state index contributed by atoms with van der Waals surface area (Å²) < 4.78 is 136. The van der Waals surface area contributed by atoms with Crippen molar-refractivity contribution in [3.63, 3.8) is 0 Å². The van der Waals surface area contributed by atoms with Gasteiger partial charge in [-0.05, 0) is 12.1 Å². The van der Waals surface area contributed by atoms with E-state index in [1.807, 2.05) is 0 Å². The highest BCUT2D eigenvalue weighted by Crippen LogP contribution is 2.35. The van der Waals surface area contributed by atoms with Crippen molar-refractivity contribution in [3.05, 3.63) is 30.2 Å². The number of pyridine rings is 1. The van der Waals surface area contributed by atoms with Gasteiger partial charge in [0.15, 0.2) is 0 Å². The Balaban J connectivity index is 0.000000509. The molecule has 0 spiro atoms. The number of aromatic nitrogens is 2. The number of rotatable bonds is 2. The van der Waals surface area contributed by atoms with Crippen LogP contribution in [0.15, 0.2) is 24.7 Å². The van der Waals surface area contributed by atoms with Gasteiger partial charge in [0.05, 0.1) is 23.5 Å². The molecule has 0 aromatic carbocycles. The third-order valence-electron chi connectivity index (χ3n) is 4.53. The van der Waals surface area contributed by atoms with Crippen LogP contribution in [0.2, 0.25) is 0 Å². The number of nitrogens with zero attached hydrogens (tertiary/aromatic N) is 4. The first-order chi connectivity index (χ1) is 15.2. The lowest BCUT2D eigenvalue weighted by atomic mass is 10.1. The van der Waals surface area contributed by atoms with Crippen molar-refractivity contribution in [1.29, 1.82) is 0 Å². The molecule has 18 heteroatoms. The highest BCUT2D eigenvalue weighted by Gasteiger charge is 2.50. The van der Waals surface area contributed by atoms with Crippen molar-refractivity contribution in [2.24, 2.45) is 0 Å². The second kappa shape index (κ2) is 9.12. The molecule has 192 valence electrons. The molecule has 8 nitrogen and oxygen atoms in total. The Bertz CT molecular complexity index is 1140. The van der Waals surface area contributed by atoms with E-state index < -0.39 is 59.2 Å². The monoisotopic (exact) mass is 530 g/mol. The molecule has 1 aliphatic heterocycles. The summed E-state index contributed by atoms with van der Waals surface area (Å²) in [6.45, 7) is -1.53. The molecule has 0 bridgehead atoms. The van der Waals surface area contributed by atoms with Crippen LogP contribution in [0.4, 0.5) is 45.3 Å². The van der Waals surface area contributed by atoms with Crippen LogP contribution in [0.25, 0.3) is 5.52 Å². The fourth-order valence-electron chi connectivity index (χ4n) is 3.06. The molecule has 1 atom stereocenters. The van der Waals surface area contributed by atoms with E-state index in [1.54, 1.807) is 0 Å². The number of halogens is 9. The number of hydrogen-bond acceptors (Lipinski definition) is 5. The SMILES string of the molecule is CS(=O)(=O)N1CCN(c2cc(C(F)(F)F)cc3cncn23)CC1C(F)(F)F.O=C(O)C(F)(F)F. The third-order valence-corrected chi connectivity index (χ3v) is 5.82. The summed E-state index contributed by atoms with van der Waals surface area (Å²) in [6, 6.07) is -0.794. The van der Waals surface area contributed by atoms with E-state index in [0.717, 1.165) is 23.2 Å². The van der Waals surface area contributed by atoms with E-state index in [1.165, 1.54) is 10.7 Å². The fourth-order valence-corrected chi connectivity index (χ4v) is 4.12. The first-order valence-corrected chi connectivity index (χ1v) is 10.7. The number of carboxylic acids is 1. The number of alkyl halides is 9. The zero-order valence-corrected chi connectivity index (χ0v) is 17.6. The maximum absolute atomic E-state index is 13.4. The molecule has 0 radical (unpaired) electrons. The minimum Gasteiger partial charge on any atom is -0.475 e. The smallest absolute Gasteiger partial charge is 0.475 e. The Morgan fingerprint density at radius 2 is 1.62 bits per heavy atom. The van der Waals surface area contributed by atoms with Gasteiger partial charge in [-0.15, -0.1) is 0 Å². The lowest BCUT2D eigenvalue weighted by Gasteiger charge is -2.41. The minimum absolute atomic E-state index is 0.0638. The van der Waals surface area contributed by atoms with Crippen LogP contribution in [0, 0.1) is 0 Å². The first-order valence-electron chi connectivity index (χ1n) is 8.85. The van der Waals surface area contributed by atoms with Gasteiger partial charge in [-0.2, -0.15) is 43.8 Å². The fraction of sp³-hybridized carbons (Fsp3) is 0.500. The van der Waals surface area contributed by atoms with E-state index in [-0.39, 0.29) is 17.9 Å². The van der Waals surface area contributed by atoms with Crippen LogP contribution < -0.4 is 4.90 Å². The summed E-state index contributed by atoms with van der Waals surface area (Å²) in [7, 11) is -4.14. The molecule has 1 unspecified atom stereocenters. The lowest BCUT2D eigenvalue weighted by molar-refractivity contribution is -0.192. The van der Waals surface area contributed by atoms with Gasteiger partial charge in [-0.1, -0.05) is 0 Å². The van der Waals surface area contributed by atoms with E-state index in [0.29, 0.717) is 10.6 Å². The predicted molar refractivity (Wildman–Crippen MR) is 97.5 cm³/mol. The number of aliphatic carboxylic acids is 1. The highest BCUT2D eigenvalue weighted by atomic mass is 32.2. The third kappa shape index (κ3) is 6.43. The molecular formula is C16H15F9N4O4S. The molecule has 1 saturated heterocycles. The van der Waals surface area contributed by atoms with Crippen LogP contribution in [0.1, 0.15) is 5.56 Å². The van der Waals surface area contributed by atoms with E-state index in [9.17, 15) is 47.9 Å². The Hall–Kier alpha value is -2.76. The van der Waals surface area contributed by atoms with Gasteiger partial charge < -0.3 is 10.0 Å². The number of imidazole rings is 1. The van der Waals surface area contributed by atoms with Crippen molar-refractivity contribution in [1.82, 2.24) is 13.7 Å². The molecule has 0 saturated carbocycles. The van der Waals surface area contributed by atoms with Crippen molar-refractivity contribution in [2.45, 2.75) is 24.6 Å². The summed E-state index contributed by atoms with van der Waals surface area (Å²) in [4.78, 5) is 13.7. The summed E-state index contributed by atoms with van der Waals surface area (Å²) in [5.74, 6) is -2.90. The second-order valence-electron chi connectivity index (χ2n) is 6.97. The Kier molecular flexibility index (Phi) is 7.37. The average molecular weight is 530 g/mol. The summed E-state index contributed by atoms with van der Waals surface area (Å²) in [5, 5.41) is 7.12. The summed E-state index contributed by atoms with van der Waals surface area (Å²) >= 11 is 0. The number of piperazine rings is 1. The molecule has 34 heavy (non-hydrogen) atoms. The van der Waals surface area contributed by atoms with Gasteiger partial charge in [-0.25, -0.2) is 18.2 Å². The van der Waals surface area contributed by atoms with Gasteiger partial charge in [0.2, 0.25) is 10.0 Å². The zero-order valence-electron chi connectivity index (χ0n) is 16.8. The number of hydrogen-bond donors (Lipinski definition) is 1. The van der Waals surface area contributed by atoms with Crippen LogP contribution in [-0.2, 0) is 21.0 Å². The molecule has 1 aliphatic rings. The van der Waals surface area contributed by atoms with Crippen LogP contribution in [-0.4, -0.2) is 77.5 Å². The average Bonchev–Trinajstić information content (AvgIpc) is 3.13. The van der Waals surface area contributed by atoms with Crippen LogP contribution in [0.3, 0.4) is 0 Å². The molecule has 0 aliphatic carbocycles. The molecular weight excluding hydrogens is 515 g/mol. The van der Waals surface area contributed by atoms with E-state index in [2.05, 4.69) is 4.98 Å². The molecule has 0 amide bonds. The van der Waals surface area contributed by atoms with Gasteiger partial charge in [0, 0.05) is 19.6 Å². The van der Waals surface area contributed by atoms with Crippen molar-refractivity contribution < 1.29 is 57.8 Å². The van der Waals surface area contributed by atoms with Crippen molar-refractivity contribution in [3.8, 4) is 0 Å². The number of carbonyl (C=O) groups is 1. The van der Waals surface area contributed by atoms with Gasteiger partial charge >= 0.3 is 24.5 Å². The first kappa shape index (κ1) is 27.5. The lowest BCUT2D eigenvalue weighted by Crippen LogP contribution is -2.60. The molecule has 3 rings (SSSR count). The maximum atomic E-state index is 13.4. The minimum atomic E-state index is -5.08.